The molecular formula is C16H26ClN3O3S. The van der Waals surface area contributed by atoms with Crippen LogP contribution in [0.2, 0.25) is 0 Å². The second kappa shape index (κ2) is 8.80. The van der Waals surface area contributed by atoms with Crippen molar-refractivity contribution in [3.63, 3.8) is 0 Å². The lowest BCUT2D eigenvalue weighted by atomic mass is 10.1. The Kier molecular flexibility index (Phi) is 7.66. The second-order valence-electron chi connectivity index (χ2n) is 6.42. The molecule has 1 atom stereocenters. The van der Waals surface area contributed by atoms with Crippen molar-refractivity contribution >= 4 is 28.3 Å². The zero-order valence-corrected chi connectivity index (χ0v) is 15.6. The molecule has 136 valence electrons. The molecule has 6 nitrogen and oxygen atoms in total. The van der Waals surface area contributed by atoms with Gasteiger partial charge in [0, 0.05) is 24.7 Å². The molecule has 0 spiro atoms. The molecule has 24 heavy (non-hydrogen) atoms. The van der Waals surface area contributed by atoms with Gasteiger partial charge in [0.2, 0.25) is 10.0 Å². The lowest BCUT2D eigenvalue weighted by Crippen LogP contribution is -2.41. The first-order valence-corrected chi connectivity index (χ1v) is 9.42. The van der Waals surface area contributed by atoms with Crippen LogP contribution in [0.3, 0.4) is 0 Å². The van der Waals surface area contributed by atoms with Crippen LogP contribution in [0, 0.1) is 11.8 Å². The minimum atomic E-state index is -3.53. The summed E-state index contributed by atoms with van der Waals surface area (Å²) in [6.45, 7) is 4.67. The van der Waals surface area contributed by atoms with E-state index in [2.05, 4.69) is 10.0 Å². The molecule has 0 aromatic heterocycles. The molecule has 1 unspecified atom stereocenters. The summed E-state index contributed by atoms with van der Waals surface area (Å²) in [6, 6.07) is 5.95. The molecule has 1 aromatic rings. The van der Waals surface area contributed by atoms with E-state index >= 15 is 0 Å². The minimum Gasteiger partial charge on any atom is -0.348 e. The van der Waals surface area contributed by atoms with Crippen LogP contribution in [0.1, 0.15) is 37.0 Å². The van der Waals surface area contributed by atoms with Gasteiger partial charge in [-0.1, -0.05) is 13.8 Å². The third-order valence-corrected chi connectivity index (χ3v) is 5.31. The number of rotatable bonds is 8. The van der Waals surface area contributed by atoms with E-state index in [-0.39, 0.29) is 35.2 Å². The molecule has 0 bridgehead atoms. The Bertz CT molecular complexity index is 643. The van der Waals surface area contributed by atoms with E-state index in [9.17, 15) is 13.2 Å². The number of nitrogens with two attached hydrogens (primary N) is 1. The van der Waals surface area contributed by atoms with Gasteiger partial charge in [0.05, 0.1) is 4.90 Å². The van der Waals surface area contributed by atoms with Gasteiger partial charge >= 0.3 is 0 Å². The van der Waals surface area contributed by atoms with Crippen molar-refractivity contribution in [2.75, 3.05) is 13.1 Å². The Morgan fingerprint density at radius 3 is 2.29 bits per heavy atom. The molecule has 1 fully saturated rings. The van der Waals surface area contributed by atoms with E-state index < -0.39 is 10.0 Å². The third-order valence-electron chi connectivity index (χ3n) is 3.87. The first-order valence-electron chi connectivity index (χ1n) is 7.94. The van der Waals surface area contributed by atoms with Crippen LogP contribution in [0.5, 0.6) is 0 Å². The van der Waals surface area contributed by atoms with Crippen LogP contribution in [0.15, 0.2) is 29.2 Å². The molecule has 8 heteroatoms. The van der Waals surface area contributed by atoms with Crippen LogP contribution < -0.4 is 15.8 Å². The molecule has 1 saturated carbocycles. The molecule has 0 radical (unpaired) electrons. The smallest absolute Gasteiger partial charge is 0.251 e. The van der Waals surface area contributed by atoms with Gasteiger partial charge in [0.15, 0.2) is 0 Å². The fraction of sp³-hybridized carbons (Fsp3) is 0.562. The Balaban J connectivity index is 0.00000288. The Morgan fingerprint density at radius 1 is 1.25 bits per heavy atom. The van der Waals surface area contributed by atoms with Gasteiger partial charge in [-0.25, -0.2) is 13.1 Å². The quantitative estimate of drug-likeness (QED) is 0.641. The molecule has 4 N–H and O–H groups in total. The molecular weight excluding hydrogens is 350 g/mol. The molecule has 0 aliphatic heterocycles. The molecule has 1 aliphatic carbocycles. The van der Waals surface area contributed by atoms with Gasteiger partial charge in [0.25, 0.3) is 5.91 Å². The summed E-state index contributed by atoms with van der Waals surface area (Å²) in [4.78, 5) is 12.3. The SMILES string of the molecule is CC(C)CNS(=O)(=O)c1ccc(C(=O)NC(CN)C2CC2)cc1.Cl. The number of hydrogen-bond donors (Lipinski definition) is 3. The number of carbonyl (C=O) groups is 1. The van der Waals surface area contributed by atoms with E-state index in [0.29, 0.717) is 24.6 Å². The number of sulfonamides is 1. The Labute approximate surface area is 150 Å². The largest absolute Gasteiger partial charge is 0.348 e. The summed E-state index contributed by atoms with van der Waals surface area (Å²) in [5.41, 5.74) is 6.11. The highest BCUT2D eigenvalue weighted by Crippen LogP contribution is 2.32. The molecule has 1 aromatic carbocycles. The lowest BCUT2D eigenvalue weighted by molar-refractivity contribution is 0.0933. The average molecular weight is 376 g/mol. The van der Waals surface area contributed by atoms with Crippen molar-refractivity contribution in [3.05, 3.63) is 29.8 Å². The summed E-state index contributed by atoms with van der Waals surface area (Å²) in [5.74, 6) is 0.487. The van der Waals surface area contributed by atoms with E-state index in [1.807, 2.05) is 13.8 Å². The average Bonchev–Trinajstić information content (AvgIpc) is 3.35. The number of benzene rings is 1. The minimum absolute atomic E-state index is 0. The zero-order valence-electron chi connectivity index (χ0n) is 14.0. The standard InChI is InChI=1S/C16H25N3O3S.ClH/c1-11(2)10-18-23(21,22)14-7-5-13(6-8-14)16(20)19-15(9-17)12-3-4-12;/h5-8,11-12,15,18H,3-4,9-10,17H2,1-2H3,(H,19,20);1H. The van der Waals surface area contributed by atoms with Crippen molar-refractivity contribution in [1.82, 2.24) is 10.0 Å². The Hall–Kier alpha value is -1.15. The highest BCUT2D eigenvalue weighted by molar-refractivity contribution is 7.89. The first kappa shape index (κ1) is 20.9. The van der Waals surface area contributed by atoms with Gasteiger partial charge in [-0.2, -0.15) is 0 Å². The summed E-state index contributed by atoms with van der Waals surface area (Å²) in [7, 11) is -3.53. The maximum absolute atomic E-state index is 12.2. The van der Waals surface area contributed by atoms with Gasteiger partial charge in [-0.05, 0) is 48.9 Å². The predicted molar refractivity (Wildman–Crippen MR) is 96.7 cm³/mol. The van der Waals surface area contributed by atoms with Crippen LogP contribution in [0.4, 0.5) is 0 Å². The van der Waals surface area contributed by atoms with Crippen molar-refractivity contribution < 1.29 is 13.2 Å². The van der Waals surface area contributed by atoms with Crippen LogP contribution in [0.25, 0.3) is 0 Å². The summed E-state index contributed by atoms with van der Waals surface area (Å²) in [6.07, 6.45) is 2.20. The predicted octanol–water partition coefficient (Wildman–Crippen LogP) is 1.51. The van der Waals surface area contributed by atoms with Crippen molar-refractivity contribution in [2.45, 2.75) is 37.6 Å². The number of nitrogens with one attached hydrogen (secondary N) is 2. The Morgan fingerprint density at radius 2 is 1.83 bits per heavy atom. The zero-order chi connectivity index (χ0) is 17.0. The van der Waals surface area contributed by atoms with Crippen molar-refractivity contribution in [3.8, 4) is 0 Å². The highest BCUT2D eigenvalue weighted by atomic mass is 35.5. The summed E-state index contributed by atoms with van der Waals surface area (Å²) in [5, 5.41) is 2.91. The fourth-order valence-electron chi connectivity index (χ4n) is 2.26. The molecule has 1 amide bonds. The lowest BCUT2D eigenvalue weighted by Gasteiger charge is -2.16. The molecule has 0 heterocycles. The monoisotopic (exact) mass is 375 g/mol. The maximum atomic E-state index is 12.2. The highest BCUT2D eigenvalue weighted by Gasteiger charge is 2.31. The second-order valence-corrected chi connectivity index (χ2v) is 8.19. The first-order chi connectivity index (χ1) is 10.8. The fourth-order valence-corrected chi connectivity index (χ4v) is 3.48. The topological polar surface area (TPSA) is 101 Å². The number of amides is 1. The number of halogens is 1. The van der Waals surface area contributed by atoms with Crippen molar-refractivity contribution in [2.24, 2.45) is 17.6 Å². The van der Waals surface area contributed by atoms with E-state index in [4.69, 9.17) is 5.73 Å². The summed E-state index contributed by atoms with van der Waals surface area (Å²) < 4.78 is 26.8. The molecule has 2 rings (SSSR count). The molecule has 1 aliphatic rings. The van der Waals surface area contributed by atoms with E-state index in [1.54, 1.807) is 0 Å². The maximum Gasteiger partial charge on any atom is 0.251 e. The van der Waals surface area contributed by atoms with Crippen LogP contribution >= 0.6 is 12.4 Å². The molecule has 0 saturated heterocycles. The summed E-state index contributed by atoms with van der Waals surface area (Å²) >= 11 is 0. The van der Waals surface area contributed by atoms with Gasteiger partial charge in [-0.15, -0.1) is 12.4 Å². The number of carbonyl (C=O) groups excluding carboxylic acids is 1. The van der Waals surface area contributed by atoms with Crippen LogP contribution in [-0.4, -0.2) is 33.5 Å². The third kappa shape index (κ3) is 5.73. The van der Waals surface area contributed by atoms with Gasteiger partial charge < -0.3 is 11.1 Å². The van der Waals surface area contributed by atoms with Gasteiger partial charge in [-0.3, -0.25) is 4.79 Å². The van der Waals surface area contributed by atoms with Crippen LogP contribution in [-0.2, 0) is 10.0 Å². The normalized spacial score (nSPS) is 15.7. The number of hydrogen-bond acceptors (Lipinski definition) is 4. The van der Waals surface area contributed by atoms with Gasteiger partial charge in [0.1, 0.15) is 0 Å². The van der Waals surface area contributed by atoms with Crippen molar-refractivity contribution in [1.29, 1.82) is 0 Å². The van der Waals surface area contributed by atoms with E-state index in [1.165, 1.54) is 24.3 Å². The van der Waals surface area contributed by atoms with E-state index in [0.717, 1.165) is 12.8 Å².